The summed E-state index contributed by atoms with van der Waals surface area (Å²) in [6.07, 6.45) is 3.90. The average Bonchev–Trinajstić information content (AvgIpc) is 2.86. The van der Waals surface area contributed by atoms with Gasteiger partial charge in [0.25, 0.3) is 0 Å². The zero-order chi connectivity index (χ0) is 13.8. The molecule has 0 unspecified atom stereocenters. The Morgan fingerprint density at radius 2 is 2.32 bits per heavy atom. The molecular weight excluding hydrogens is 242 g/mol. The summed E-state index contributed by atoms with van der Waals surface area (Å²) in [5, 5.41) is 4.16. The van der Waals surface area contributed by atoms with Crippen LogP contribution in [-0.2, 0) is 10.3 Å². The van der Waals surface area contributed by atoms with Crippen molar-refractivity contribution in [3.05, 3.63) is 12.3 Å². The molecule has 2 atom stereocenters. The number of amides is 1. The Balaban J connectivity index is 1.80. The van der Waals surface area contributed by atoms with Gasteiger partial charge in [-0.1, -0.05) is 0 Å². The molecular formula is C13H21N5O. The second-order valence-electron chi connectivity index (χ2n) is 6.40. The van der Waals surface area contributed by atoms with E-state index in [1.54, 1.807) is 16.9 Å². The van der Waals surface area contributed by atoms with Crippen LogP contribution in [0.1, 0.15) is 26.7 Å². The SMILES string of the molecule is CC(C)(C(=O)N1C[C@@H]2CC[C@]2(N)C1)n1ccc(N)n1. The molecule has 3 rings (SSSR count). The third-order valence-corrected chi connectivity index (χ3v) is 4.69. The minimum atomic E-state index is -0.724. The van der Waals surface area contributed by atoms with Gasteiger partial charge >= 0.3 is 0 Å². The van der Waals surface area contributed by atoms with E-state index in [0.717, 1.165) is 19.4 Å². The molecule has 2 aliphatic rings. The van der Waals surface area contributed by atoms with Gasteiger partial charge in [-0.15, -0.1) is 0 Å². The topological polar surface area (TPSA) is 90.2 Å². The van der Waals surface area contributed by atoms with Crippen molar-refractivity contribution in [3.63, 3.8) is 0 Å². The Morgan fingerprint density at radius 1 is 1.58 bits per heavy atom. The highest BCUT2D eigenvalue weighted by molar-refractivity contribution is 5.84. The zero-order valence-electron chi connectivity index (χ0n) is 11.5. The van der Waals surface area contributed by atoms with Crippen LogP contribution < -0.4 is 11.5 Å². The normalized spacial score (nSPS) is 30.1. The average molecular weight is 263 g/mol. The maximum Gasteiger partial charge on any atom is 0.250 e. The first kappa shape index (κ1) is 12.5. The van der Waals surface area contributed by atoms with E-state index in [2.05, 4.69) is 5.10 Å². The van der Waals surface area contributed by atoms with E-state index in [4.69, 9.17) is 11.5 Å². The predicted molar refractivity (Wildman–Crippen MR) is 72.2 cm³/mol. The first-order valence-corrected chi connectivity index (χ1v) is 6.73. The molecule has 1 amide bonds. The van der Waals surface area contributed by atoms with E-state index in [0.29, 0.717) is 18.3 Å². The number of aromatic nitrogens is 2. The molecule has 6 heteroatoms. The van der Waals surface area contributed by atoms with Gasteiger partial charge in [0.2, 0.25) is 5.91 Å². The number of likely N-dealkylation sites (tertiary alicyclic amines) is 1. The van der Waals surface area contributed by atoms with Crippen molar-refractivity contribution in [1.29, 1.82) is 0 Å². The number of carbonyl (C=O) groups is 1. The maximum absolute atomic E-state index is 12.7. The van der Waals surface area contributed by atoms with Crippen LogP contribution >= 0.6 is 0 Å². The first-order valence-electron chi connectivity index (χ1n) is 6.73. The zero-order valence-corrected chi connectivity index (χ0v) is 11.5. The third kappa shape index (κ3) is 1.74. The minimum Gasteiger partial charge on any atom is -0.382 e. The third-order valence-electron chi connectivity index (χ3n) is 4.69. The summed E-state index contributed by atoms with van der Waals surface area (Å²) in [6, 6.07) is 1.70. The molecule has 1 aromatic rings. The molecule has 19 heavy (non-hydrogen) atoms. The Morgan fingerprint density at radius 3 is 2.74 bits per heavy atom. The highest BCUT2D eigenvalue weighted by Gasteiger charge is 2.53. The lowest BCUT2D eigenvalue weighted by molar-refractivity contribution is -0.138. The molecule has 104 valence electrons. The lowest BCUT2D eigenvalue weighted by atomic mass is 9.70. The largest absolute Gasteiger partial charge is 0.382 e. The van der Waals surface area contributed by atoms with Crippen molar-refractivity contribution >= 4 is 11.7 Å². The van der Waals surface area contributed by atoms with Gasteiger partial charge in [-0.25, -0.2) is 0 Å². The number of nitrogen functional groups attached to an aromatic ring is 1. The van der Waals surface area contributed by atoms with Crippen LogP contribution in [0.2, 0.25) is 0 Å². The van der Waals surface area contributed by atoms with Gasteiger partial charge in [0.1, 0.15) is 11.4 Å². The minimum absolute atomic E-state index is 0.0647. The van der Waals surface area contributed by atoms with Gasteiger partial charge in [0, 0.05) is 24.8 Å². The van der Waals surface area contributed by atoms with Crippen LogP contribution in [0.15, 0.2) is 12.3 Å². The molecule has 0 spiro atoms. The Labute approximate surface area is 112 Å². The number of hydrogen-bond donors (Lipinski definition) is 2. The van der Waals surface area contributed by atoms with E-state index in [-0.39, 0.29) is 11.4 Å². The molecule has 2 fully saturated rings. The molecule has 1 saturated heterocycles. The molecule has 1 aliphatic carbocycles. The van der Waals surface area contributed by atoms with Crippen LogP contribution in [-0.4, -0.2) is 39.2 Å². The highest BCUT2D eigenvalue weighted by Crippen LogP contribution is 2.43. The van der Waals surface area contributed by atoms with E-state index in [1.165, 1.54) is 0 Å². The number of nitrogens with two attached hydrogens (primary N) is 2. The Hall–Kier alpha value is -1.56. The molecule has 1 saturated carbocycles. The van der Waals surface area contributed by atoms with E-state index in [1.807, 2.05) is 18.7 Å². The fourth-order valence-electron chi connectivity index (χ4n) is 3.18. The smallest absolute Gasteiger partial charge is 0.250 e. The molecule has 2 heterocycles. The van der Waals surface area contributed by atoms with Crippen molar-refractivity contribution in [1.82, 2.24) is 14.7 Å². The standard InChI is InChI=1S/C13H21N5O/c1-12(2,18-6-4-10(14)16-18)11(19)17-7-9-3-5-13(9,15)8-17/h4,6,9H,3,5,7-8,15H2,1-2H3,(H2,14,16)/t9-,13-/m0/s1. The van der Waals surface area contributed by atoms with E-state index >= 15 is 0 Å². The number of nitrogens with zero attached hydrogens (tertiary/aromatic N) is 3. The predicted octanol–water partition coefficient (Wildman–Crippen LogP) is 0.150. The summed E-state index contributed by atoms with van der Waals surface area (Å²) < 4.78 is 1.63. The lowest BCUT2D eigenvalue weighted by Crippen LogP contribution is -2.55. The fourth-order valence-corrected chi connectivity index (χ4v) is 3.18. The van der Waals surface area contributed by atoms with Crippen LogP contribution in [0.25, 0.3) is 0 Å². The Bertz CT molecular complexity index is 523. The summed E-state index contributed by atoms with van der Waals surface area (Å²) >= 11 is 0. The summed E-state index contributed by atoms with van der Waals surface area (Å²) in [5.74, 6) is 0.961. The van der Waals surface area contributed by atoms with Crippen molar-refractivity contribution < 1.29 is 4.79 Å². The first-order chi connectivity index (χ1) is 8.83. The van der Waals surface area contributed by atoms with Gasteiger partial charge in [-0.3, -0.25) is 9.48 Å². The van der Waals surface area contributed by atoms with E-state index < -0.39 is 5.54 Å². The number of anilines is 1. The van der Waals surface area contributed by atoms with Crippen LogP contribution in [0, 0.1) is 5.92 Å². The summed E-state index contributed by atoms with van der Waals surface area (Å²) in [5.41, 5.74) is 11.0. The number of rotatable bonds is 2. The second kappa shape index (κ2) is 3.72. The van der Waals surface area contributed by atoms with Gasteiger partial charge < -0.3 is 16.4 Å². The van der Waals surface area contributed by atoms with Crippen LogP contribution in [0.5, 0.6) is 0 Å². The quantitative estimate of drug-likeness (QED) is 0.794. The van der Waals surface area contributed by atoms with Crippen LogP contribution in [0.4, 0.5) is 5.82 Å². The van der Waals surface area contributed by atoms with Gasteiger partial charge in [-0.2, -0.15) is 5.10 Å². The molecule has 1 aromatic heterocycles. The maximum atomic E-state index is 12.7. The Kier molecular flexibility index (Phi) is 2.44. The summed E-state index contributed by atoms with van der Waals surface area (Å²) in [7, 11) is 0. The van der Waals surface area contributed by atoms with Gasteiger partial charge in [-0.05, 0) is 38.7 Å². The van der Waals surface area contributed by atoms with E-state index in [9.17, 15) is 4.79 Å². The van der Waals surface area contributed by atoms with Crippen molar-refractivity contribution in [2.24, 2.45) is 11.7 Å². The number of fused-ring (bicyclic) bond motifs is 1. The monoisotopic (exact) mass is 263 g/mol. The van der Waals surface area contributed by atoms with Crippen LogP contribution in [0.3, 0.4) is 0 Å². The summed E-state index contributed by atoms with van der Waals surface area (Å²) in [4.78, 5) is 14.6. The van der Waals surface area contributed by atoms with Crippen molar-refractivity contribution in [2.45, 2.75) is 37.8 Å². The molecule has 4 N–H and O–H groups in total. The van der Waals surface area contributed by atoms with Gasteiger partial charge in [0.05, 0.1) is 0 Å². The second-order valence-corrected chi connectivity index (χ2v) is 6.40. The number of carbonyl (C=O) groups excluding carboxylic acids is 1. The highest BCUT2D eigenvalue weighted by atomic mass is 16.2. The van der Waals surface area contributed by atoms with Crippen molar-refractivity contribution in [2.75, 3.05) is 18.8 Å². The molecule has 6 nitrogen and oxygen atoms in total. The lowest BCUT2D eigenvalue weighted by Gasteiger charge is -2.40. The summed E-state index contributed by atoms with van der Waals surface area (Å²) in [6.45, 7) is 5.17. The molecule has 0 radical (unpaired) electrons. The fraction of sp³-hybridized carbons (Fsp3) is 0.692. The molecule has 0 aromatic carbocycles. The molecule has 1 aliphatic heterocycles. The van der Waals surface area contributed by atoms with Crippen molar-refractivity contribution in [3.8, 4) is 0 Å². The molecule has 0 bridgehead atoms. The van der Waals surface area contributed by atoms with Gasteiger partial charge in [0.15, 0.2) is 0 Å². The number of hydrogen-bond acceptors (Lipinski definition) is 4.